The molecule has 3 aromatic rings. The molecule has 2 aromatic carbocycles. The monoisotopic (exact) mass is 431 g/mol. The highest BCUT2D eigenvalue weighted by Crippen LogP contribution is 2.50. The Morgan fingerprint density at radius 3 is 2.55 bits per heavy atom. The number of aromatic nitrogens is 2. The molecule has 0 unspecified atom stereocenters. The van der Waals surface area contributed by atoms with Crippen LogP contribution in [0, 0.1) is 19.3 Å². The normalized spacial score (nSPS) is 19.6. The van der Waals surface area contributed by atoms with Crippen molar-refractivity contribution in [1.29, 1.82) is 0 Å². The Morgan fingerprint density at radius 2 is 1.84 bits per heavy atom. The van der Waals surface area contributed by atoms with E-state index in [0.717, 1.165) is 46.0 Å². The van der Waals surface area contributed by atoms with Crippen LogP contribution in [0.1, 0.15) is 55.0 Å². The first-order valence-corrected chi connectivity index (χ1v) is 11.1. The minimum absolute atomic E-state index is 0.0803. The van der Waals surface area contributed by atoms with Crippen molar-refractivity contribution in [3.05, 3.63) is 87.2 Å². The Hall–Kier alpha value is -2.85. The number of nitrogens with one attached hydrogen (secondary N) is 1. The molecule has 0 bridgehead atoms. The lowest BCUT2D eigenvalue weighted by Crippen LogP contribution is -2.34. The fourth-order valence-electron chi connectivity index (χ4n) is 4.97. The number of nitrogens with zero attached hydrogens (tertiary/aromatic N) is 2. The number of hydrogen-bond acceptors (Lipinski definition) is 3. The number of benzene rings is 2. The number of Topliss-reactive ketones (excluding diaryl/α,β-unsaturated/α-hetero) is 1. The number of halogens is 1. The maximum absolute atomic E-state index is 13.4. The molecule has 4 nitrogen and oxygen atoms in total. The number of rotatable bonds is 2. The van der Waals surface area contributed by atoms with E-state index in [9.17, 15) is 4.79 Å². The molecule has 1 aromatic heterocycles. The van der Waals surface area contributed by atoms with E-state index in [0.29, 0.717) is 11.4 Å². The quantitative estimate of drug-likeness (QED) is 0.514. The summed E-state index contributed by atoms with van der Waals surface area (Å²) in [7, 11) is 0. The van der Waals surface area contributed by atoms with Gasteiger partial charge in [0.1, 0.15) is 5.82 Å². The summed E-state index contributed by atoms with van der Waals surface area (Å²) in [5.41, 5.74) is 6.98. The second-order valence-corrected chi connectivity index (χ2v) is 9.98. The molecule has 0 fully saturated rings. The van der Waals surface area contributed by atoms with Crippen LogP contribution in [0.5, 0.6) is 0 Å². The van der Waals surface area contributed by atoms with Crippen molar-refractivity contribution in [3.8, 4) is 5.69 Å². The number of fused-ring (bicyclic) bond motifs is 1. The average molecular weight is 432 g/mol. The molecule has 31 heavy (non-hydrogen) atoms. The van der Waals surface area contributed by atoms with Gasteiger partial charge in [0.25, 0.3) is 0 Å². The Balaban J connectivity index is 1.76. The van der Waals surface area contributed by atoms with E-state index < -0.39 is 0 Å². The van der Waals surface area contributed by atoms with Crippen LogP contribution < -0.4 is 5.32 Å². The zero-order valence-electron chi connectivity index (χ0n) is 18.3. The van der Waals surface area contributed by atoms with Gasteiger partial charge in [-0.05, 0) is 55.5 Å². The lowest BCUT2D eigenvalue weighted by atomic mass is 9.69. The molecule has 5 rings (SSSR count). The molecule has 1 aliphatic carbocycles. The standard InChI is InChI=1S/C26H26ClN3O/c1-15-8-10-19(11-9-15)30-25-22(16(2)29-30)23(17-6-5-7-18(27)12-17)24-20(28-25)13-26(3,4)14-21(24)31/h5-12,23,28H,13-14H2,1-4H3/t23-/m1/s1. The van der Waals surface area contributed by atoms with Gasteiger partial charge in [0, 0.05) is 34.2 Å². The molecule has 0 spiro atoms. The third kappa shape index (κ3) is 3.39. The van der Waals surface area contributed by atoms with E-state index >= 15 is 0 Å². The van der Waals surface area contributed by atoms with E-state index in [1.54, 1.807) is 0 Å². The summed E-state index contributed by atoms with van der Waals surface area (Å²) in [5.74, 6) is 0.972. The summed E-state index contributed by atoms with van der Waals surface area (Å²) in [5, 5.41) is 9.19. The van der Waals surface area contributed by atoms with Gasteiger partial charge < -0.3 is 5.32 Å². The van der Waals surface area contributed by atoms with Gasteiger partial charge in [-0.1, -0.05) is 55.3 Å². The second-order valence-electron chi connectivity index (χ2n) is 9.54. The number of ketones is 1. The van der Waals surface area contributed by atoms with Gasteiger partial charge in [-0.2, -0.15) is 5.10 Å². The highest BCUT2D eigenvalue weighted by atomic mass is 35.5. The molecule has 1 aliphatic heterocycles. The van der Waals surface area contributed by atoms with E-state index in [4.69, 9.17) is 16.7 Å². The minimum atomic E-state index is -0.173. The number of allylic oxidation sites excluding steroid dienone is 2. The number of carbonyl (C=O) groups excluding carboxylic acids is 1. The number of hydrogen-bond donors (Lipinski definition) is 1. The Kier molecular flexibility index (Phi) is 4.60. The highest BCUT2D eigenvalue weighted by molar-refractivity contribution is 6.30. The van der Waals surface area contributed by atoms with Gasteiger partial charge >= 0.3 is 0 Å². The smallest absolute Gasteiger partial charge is 0.162 e. The van der Waals surface area contributed by atoms with Crippen LogP contribution in [-0.2, 0) is 4.79 Å². The van der Waals surface area contributed by atoms with Crippen LogP contribution in [0.4, 0.5) is 5.82 Å². The Labute approximate surface area is 187 Å². The van der Waals surface area contributed by atoms with Gasteiger partial charge in [0.05, 0.1) is 11.4 Å². The molecular formula is C26H26ClN3O. The summed E-state index contributed by atoms with van der Waals surface area (Å²) in [6.45, 7) is 8.41. The summed E-state index contributed by atoms with van der Waals surface area (Å²) in [6, 6.07) is 16.2. The lowest BCUT2D eigenvalue weighted by molar-refractivity contribution is -0.118. The van der Waals surface area contributed by atoms with Crippen LogP contribution in [0.15, 0.2) is 59.8 Å². The van der Waals surface area contributed by atoms with Gasteiger partial charge in [0.2, 0.25) is 0 Å². The van der Waals surface area contributed by atoms with Gasteiger partial charge in [0.15, 0.2) is 5.78 Å². The number of aryl methyl sites for hydroxylation is 2. The average Bonchev–Trinajstić information content (AvgIpc) is 3.02. The van der Waals surface area contributed by atoms with E-state index in [1.165, 1.54) is 5.56 Å². The summed E-state index contributed by atoms with van der Waals surface area (Å²) >= 11 is 6.37. The summed E-state index contributed by atoms with van der Waals surface area (Å²) in [4.78, 5) is 13.4. The SMILES string of the molecule is Cc1ccc(-n2nc(C)c3c2NC2=C(C(=O)CC(C)(C)C2)[C@@H]3c2cccc(Cl)c2)cc1. The predicted molar refractivity (Wildman–Crippen MR) is 125 cm³/mol. The molecule has 0 radical (unpaired) electrons. The predicted octanol–water partition coefficient (Wildman–Crippen LogP) is 6.34. The topological polar surface area (TPSA) is 46.9 Å². The van der Waals surface area contributed by atoms with Crippen LogP contribution in [0.25, 0.3) is 5.69 Å². The van der Waals surface area contributed by atoms with Crippen molar-refractivity contribution in [2.45, 2.75) is 46.5 Å². The number of anilines is 1. The molecule has 1 N–H and O–H groups in total. The van der Waals surface area contributed by atoms with Crippen LogP contribution >= 0.6 is 11.6 Å². The molecule has 2 aliphatic rings. The van der Waals surface area contributed by atoms with E-state index in [2.05, 4.69) is 56.4 Å². The third-order valence-corrected chi connectivity index (χ3v) is 6.57. The summed E-state index contributed by atoms with van der Waals surface area (Å²) < 4.78 is 1.97. The van der Waals surface area contributed by atoms with Crippen molar-refractivity contribution in [2.24, 2.45) is 5.41 Å². The largest absolute Gasteiger partial charge is 0.343 e. The zero-order valence-corrected chi connectivity index (χ0v) is 19.0. The fraction of sp³-hybridized carbons (Fsp3) is 0.308. The van der Waals surface area contributed by atoms with Crippen molar-refractivity contribution in [3.63, 3.8) is 0 Å². The van der Waals surface area contributed by atoms with E-state index in [-0.39, 0.29) is 17.1 Å². The molecule has 0 saturated heterocycles. The van der Waals surface area contributed by atoms with Crippen molar-refractivity contribution >= 4 is 23.2 Å². The molecule has 1 atom stereocenters. The third-order valence-electron chi connectivity index (χ3n) is 6.33. The fourth-order valence-corrected chi connectivity index (χ4v) is 5.16. The van der Waals surface area contributed by atoms with Gasteiger partial charge in [-0.3, -0.25) is 4.79 Å². The molecule has 158 valence electrons. The zero-order chi connectivity index (χ0) is 21.9. The lowest BCUT2D eigenvalue weighted by Gasteiger charge is -2.38. The minimum Gasteiger partial charge on any atom is -0.343 e. The van der Waals surface area contributed by atoms with Gasteiger partial charge in [-0.25, -0.2) is 4.68 Å². The Morgan fingerprint density at radius 1 is 1.10 bits per heavy atom. The molecule has 0 amide bonds. The van der Waals surface area contributed by atoms with Crippen LogP contribution in [-0.4, -0.2) is 15.6 Å². The van der Waals surface area contributed by atoms with Gasteiger partial charge in [-0.15, -0.1) is 0 Å². The first kappa shape index (κ1) is 20.1. The first-order valence-electron chi connectivity index (χ1n) is 10.7. The molecular weight excluding hydrogens is 406 g/mol. The van der Waals surface area contributed by atoms with E-state index in [1.807, 2.05) is 29.8 Å². The molecule has 5 heteroatoms. The van der Waals surface area contributed by atoms with Crippen molar-refractivity contribution in [2.75, 3.05) is 5.32 Å². The van der Waals surface area contributed by atoms with Crippen molar-refractivity contribution < 1.29 is 4.79 Å². The Bertz CT molecular complexity index is 1230. The molecule has 0 saturated carbocycles. The number of carbonyl (C=O) groups is 1. The maximum Gasteiger partial charge on any atom is 0.162 e. The molecule has 2 heterocycles. The van der Waals surface area contributed by atoms with Crippen molar-refractivity contribution in [1.82, 2.24) is 9.78 Å². The first-order chi connectivity index (χ1) is 14.7. The maximum atomic E-state index is 13.4. The second kappa shape index (κ2) is 7.10. The van der Waals surface area contributed by atoms with Crippen LogP contribution in [0.2, 0.25) is 5.02 Å². The summed E-state index contributed by atoms with van der Waals surface area (Å²) in [6.07, 6.45) is 1.37. The van der Waals surface area contributed by atoms with Crippen LogP contribution in [0.3, 0.4) is 0 Å². The highest BCUT2D eigenvalue weighted by Gasteiger charge is 2.43.